The number of benzene rings is 1. The first-order valence-electron chi connectivity index (χ1n) is 8.60. The Morgan fingerprint density at radius 1 is 1.17 bits per heavy atom. The highest BCUT2D eigenvalue weighted by Gasteiger charge is 2.53. The highest BCUT2D eigenvalue weighted by molar-refractivity contribution is 7.26. The summed E-state index contributed by atoms with van der Waals surface area (Å²) in [5, 5.41) is 0. The molecule has 3 heteroatoms. The van der Waals surface area contributed by atoms with Gasteiger partial charge < -0.3 is 9.05 Å². The summed E-state index contributed by atoms with van der Waals surface area (Å²) in [6.45, 7) is 6.92. The van der Waals surface area contributed by atoms with Gasteiger partial charge in [-0.2, -0.15) is 0 Å². The van der Waals surface area contributed by atoms with Gasteiger partial charge in [-0.05, 0) is 34.6 Å². The van der Waals surface area contributed by atoms with Crippen LogP contribution in [0.5, 0.6) is 5.75 Å². The molecule has 5 rings (SSSR count). The van der Waals surface area contributed by atoms with E-state index in [1.807, 2.05) is 0 Å². The quantitative estimate of drug-likeness (QED) is 0.555. The summed E-state index contributed by atoms with van der Waals surface area (Å²) >= 11 is 0. The molecule has 0 amide bonds. The molecule has 24 heavy (non-hydrogen) atoms. The van der Waals surface area contributed by atoms with E-state index in [9.17, 15) is 0 Å². The molecule has 1 heterocycles. The van der Waals surface area contributed by atoms with Crippen molar-refractivity contribution in [3.05, 3.63) is 70.0 Å². The molecule has 4 aliphatic rings. The first-order chi connectivity index (χ1) is 11.5. The molecular formula is C21H21O2P. The predicted molar refractivity (Wildman–Crippen MR) is 99.1 cm³/mol. The average molecular weight is 336 g/mol. The maximum atomic E-state index is 6.11. The van der Waals surface area contributed by atoms with Gasteiger partial charge in [0.2, 0.25) is 0 Å². The zero-order valence-electron chi connectivity index (χ0n) is 14.3. The number of allylic oxidation sites excluding steroid dienone is 7. The largest absolute Gasteiger partial charge is 0.445 e. The third-order valence-corrected chi connectivity index (χ3v) is 6.15. The summed E-state index contributed by atoms with van der Waals surface area (Å²) in [6.07, 6.45) is 11.4. The van der Waals surface area contributed by atoms with Crippen LogP contribution in [-0.2, 0) is 9.94 Å². The van der Waals surface area contributed by atoms with Gasteiger partial charge in [-0.15, -0.1) is 0 Å². The Labute approximate surface area is 144 Å². The molecule has 1 aromatic carbocycles. The minimum absolute atomic E-state index is 0.0278. The summed E-state index contributed by atoms with van der Waals surface area (Å²) in [4.78, 5) is 0. The summed E-state index contributed by atoms with van der Waals surface area (Å²) < 4.78 is 12.2. The fourth-order valence-electron chi connectivity index (χ4n) is 4.68. The van der Waals surface area contributed by atoms with Gasteiger partial charge in [0, 0.05) is 17.6 Å². The van der Waals surface area contributed by atoms with E-state index in [1.165, 1.54) is 27.8 Å². The van der Waals surface area contributed by atoms with Crippen LogP contribution in [0, 0.1) is 5.41 Å². The molecule has 0 N–H and O–H groups in total. The Hall–Kier alpha value is -1.79. The highest BCUT2D eigenvalue weighted by atomic mass is 31.1. The molecule has 0 aromatic heterocycles. The van der Waals surface area contributed by atoms with E-state index in [2.05, 4.69) is 63.3 Å². The smallest absolute Gasteiger partial charge is 0.275 e. The molecule has 2 atom stereocenters. The summed E-state index contributed by atoms with van der Waals surface area (Å²) in [5.41, 5.74) is 6.55. The molecule has 0 saturated carbocycles. The van der Waals surface area contributed by atoms with E-state index in [1.54, 1.807) is 0 Å². The van der Waals surface area contributed by atoms with Crippen molar-refractivity contribution in [2.75, 3.05) is 0 Å². The van der Waals surface area contributed by atoms with Crippen molar-refractivity contribution in [1.29, 1.82) is 0 Å². The lowest BCUT2D eigenvalue weighted by atomic mass is 9.64. The van der Waals surface area contributed by atoms with Crippen LogP contribution >= 0.6 is 9.03 Å². The Bertz CT molecular complexity index is 880. The maximum absolute atomic E-state index is 6.11. The third-order valence-electron chi connectivity index (χ3n) is 5.51. The SMILES string of the molecule is CC(C)(C)C1=Cc2cccc3c2[C@]12C=CC1=CCCC(=C12)OPO3. The molecule has 3 aliphatic carbocycles. The van der Waals surface area contributed by atoms with E-state index in [0.29, 0.717) is 0 Å². The standard InChI is InChI=1S/C21H21O2P/c1-20(2,3)17-12-14-7-5-9-16-19(14)21(17)11-10-13-6-4-8-15(18(13)21)22-24-23-16/h5-7,9-12,24H,4,8H2,1-3H3/t21-/m1/s1. The monoisotopic (exact) mass is 336 g/mol. The third kappa shape index (κ3) is 1.70. The van der Waals surface area contributed by atoms with Crippen molar-refractivity contribution >= 4 is 15.1 Å². The minimum atomic E-state index is -0.226. The Kier molecular flexibility index (Phi) is 2.81. The van der Waals surface area contributed by atoms with Crippen LogP contribution in [0.4, 0.5) is 0 Å². The number of hydrogen-bond acceptors (Lipinski definition) is 2. The number of rotatable bonds is 0. The van der Waals surface area contributed by atoms with Gasteiger partial charge in [-0.3, -0.25) is 0 Å². The summed E-state index contributed by atoms with van der Waals surface area (Å²) in [7, 11) is 0.0278. The average Bonchev–Trinajstić information content (AvgIpc) is 3.07. The summed E-state index contributed by atoms with van der Waals surface area (Å²) in [6, 6.07) is 6.38. The van der Waals surface area contributed by atoms with Crippen molar-refractivity contribution in [3.8, 4) is 5.75 Å². The van der Waals surface area contributed by atoms with E-state index in [4.69, 9.17) is 9.05 Å². The normalized spacial score (nSPS) is 27.6. The lowest BCUT2D eigenvalue weighted by Crippen LogP contribution is -2.33. The van der Waals surface area contributed by atoms with Gasteiger partial charge in [-0.25, -0.2) is 0 Å². The van der Waals surface area contributed by atoms with Crippen LogP contribution in [0.3, 0.4) is 0 Å². The van der Waals surface area contributed by atoms with Gasteiger partial charge in [0.15, 0.2) is 0 Å². The Morgan fingerprint density at radius 3 is 2.88 bits per heavy atom. The minimum Gasteiger partial charge on any atom is -0.445 e. The molecule has 1 spiro atoms. The second-order valence-electron chi connectivity index (χ2n) is 7.95. The zero-order chi connectivity index (χ0) is 16.5. The molecular weight excluding hydrogens is 315 g/mol. The molecule has 0 bridgehead atoms. The van der Waals surface area contributed by atoms with E-state index >= 15 is 0 Å². The summed E-state index contributed by atoms with van der Waals surface area (Å²) in [5.74, 6) is 2.08. The molecule has 1 aromatic rings. The van der Waals surface area contributed by atoms with Gasteiger partial charge in [-0.1, -0.05) is 57.2 Å². The molecule has 0 saturated heterocycles. The molecule has 0 radical (unpaired) electrons. The molecule has 1 aliphatic heterocycles. The van der Waals surface area contributed by atoms with Crippen LogP contribution in [0.2, 0.25) is 0 Å². The zero-order valence-corrected chi connectivity index (χ0v) is 15.3. The maximum Gasteiger partial charge on any atom is 0.275 e. The molecule has 122 valence electrons. The van der Waals surface area contributed by atoms with Crippen molar-refractivity contribution in [2.24, 2.45) is 5.41 Å². The highest BCUT2D eigenvalue weighted by Crippen LogP contribution is 2.63. The van der Waals surface area contributed by atoms with Crippen molar-refractivity contribution < 1.29 is 9.05 Å². The lowest BCUT2D eigenvalue weighted by molar-refractivity contribution is 0.374. The fraction of sp³-hybridized carbons (Fsp3) is 0.333. The second kappa shape index (κ2) is 4.64. The predicted octanol–water partition coefficient (Wildman–Crippen LogP) is 5.83. The van der Waals surface area contributed by atoms with Gasteiger partial charge in [0.25, 0.3) is 9.03 Å². The van der Waals surface area contributed by atoms with Crippen molar-refractivity contribution in [1.82, 2.24) is 0 Å². The van der Waals surface area contributed by atoms with Crippen molar-refractivity contribution in [3.63, 3.8) is 0 Å². The second-order valence-corrected chi connectivity index (χ2v) is 8.53. The number of hydrogen-bond donors (Lipinski definition) is 0. The van der Waals surface area contributed by atoms with E-state index < -0.39 is 0 Å². The van der Waals surface area contributed by atoms with Gasteiger partial charge >= 0.3 is 0 Å². The van der Waals surface area contributed by atoms with E-state index in [-0.39, 0.29) is 19.9 Å². The van der Waals surface area contributed by atoms with Crippen LogP contribution in [-0.4, -0.2) is 0 Å². The first kappa shape index (κ1) is 14.5. The molecule has 0 fully saturated rings. The first-order valence-corrected chi connectivity index (χ1v) is 9.42. The molecule has 1 unspecified atom stereocenters. The fourth-order valence-corrected chi connectivity index (χ4v) is 5.29. The Morgan fingerprint density at radius 2 is 2.04 bits per heavy atom. The van der Waals surface area contributed by atoms with Gasteiger partial charge in [0.1, 0.15) is 11.5 Å². The van der Waals surface area contributed by atoms with Crippen LogP contribution in [0.1, 0.15) is 44.7 Å². The van der Waals surface area contributed by atoms with Crippen LogP contribution in [0.25, 0.3) is 6.08 Å². The lowest BCUT2D eigenvalue weighted by Gasteiger charge is -2.40. The Balaban J connectivity index is 1.91. The van der Waals surface area contributed by atoms with Crippen molar-refractivity contribution in [2.45, 2.75) is 39.0 Å². The van der Waals surface area contributed by atoms with E-state index in [0.717, 1.165) is 24.4 Å². The van der Waals surface area contributed by atoms with Crippen LogP contribution in [0.15, 0.2) is 58.9 Å². The topological polar surface area (TPSA) is 18.5 Å². The van der Waals surface area contributed by atoms with Crippen LogP contribution < -0.4 is 4.52 Å². The molecule has 2 nitrogen and oxygen atoms in total. The van der Waals surface area contributed by atoms with Gasteiger partial charge in [0.05, 0.1) is 5.41 Å².